The van der Waals surface area contributed by atoms with E-state index < -0.39 is 0 Å². The van der Waals surface area contributed by atoms with Crippen LogP contribution in [0.5, 0.6) is 0 Å². The number of nitrogens with one attached hydrogen (secondary N) is 1. The first-order valence-corrected chi connectivity index (χ1v) is 9.47. The van der Waals surface area contributed by atoms with Gasteiger partial charge in [-0.3, -0.25) is 9.89 Å². The molecule has 1 aromatic heterocycles. The molecule has 1 amide bonds. The summed E-state index contributed by atoms with van der Waals surface area (Å²) >= 11 is 1.47. The zero-order chi connectivity index (χ0) is 15.4. The van der Waals surface area contributed by atoms with Crippen molar-refractivity contribution in [2.75, 3.05) is 13.1 Å². The number of carbonyl (C=O) groups is 1. The van der Waals surface area contributed by atoms with Gasteiger partial charge < -0.3 is 4.90 Å². The molecule has 22 heavy (non-hydrogen) atoms. The molecule has 1 saturated carbocycles. The second kappa shape index (κ2) is 7.49. The van der Waals surface area contributed by atoms with Crippen molar-refractivity contribution < 1.29 is 4.79 Å². The molecule has 1 aliphatic carbocycles. The van der Waals surface area contributed by atoms with Gasteiger partial charge >= 0.3 is 0 Å². The summed E-state index contributed by atoms with van der Waals surface area (Å²) in [4.78, 5) is 18.8. The van der Waals surface area contributed by atoms with Gasteiger partial charge in [0.1, 0.15) is 5.82 Å². The van der Waals surface area contributed by atoms with Crippen LogP contribution in [0.4, 0.5) is 0 Å². The Balaban J connectivity index is 1.46. The zero-order valence-corrected chi connectivity index (χ0v) is 14.2. The normalized spacial score (nSPS) is 20.7. The lowest BCUT2D eigenvalue weighted by molar-refractivity contribution is -0.129. The highest BCUT2D eigenvalue weighted by atomic mass is 32.2. The summed E-state index contributed by atoms with van der Waals surface area (Å²) in [5, 5.41) is 7.91. The first-order chi connectivity index (χ1) is 10.7. The molecule has 2 aliphatic rings. The molecule has 1 N–H and O–H groups in total. The van der Waals surface area contributed by atoms with E-state index in [9.17, 15) is 4.79 Å². The summed E-state index contributed by atoms with van der Waals surface area (Å²) in [6.07, 6.45) is 9.98. The highest BCUT2D eigenvalue weighted by Gasteiger charge is 2.25. The summed E-state index contributed by atoms with van der Waals surface area (Å²) < 4.78 is 0. The van der Waals surface area contributed by atoms with E-state index in [1.807, 2.05) is 11.8 Å². The molecule has 1 aliphatic heterocycles. The van der Waals surface area contributed by atoms with Gasteiger partial charge in [0.25, 0.3) is 0 Å². The van der Waals surface area contributed by atoms with Crippen molar-refractivity contribution in [3.8, 4) is 0 Å². The largest absolute Gasteiger partial charge is 0.342 e. The first-order valence-electron chi connectivity index (χ1n) is 8.59. The molecule has 3 rings (SSSR count). The summed E-state index contributed by atoms with van der Waals surface area (Å²) in [7, 11) is 0. The molecule has 1 unspecified atom stereocenters. The Labute approximate surface area is 136 Å². The summed E-state index contributed by atoms with van der Waals surface area (Å²) in [5.41, 5.74) is 0. The fraction of sp³-hybridized carbons (Fsp3) is 0.812. The van der Waals surface area contributed by atoms with E-state index >= 15 is 0 Å². The Morgan fingerprint density at radius 2 is 2.05 bits per heavy atom. The third kappa shape index (κ3) is 4.03. The van der Waals surface area contributed by atoms with Gasteiger partial charge in [0.2, 0.25) is 11.1 Å². The number of aryl methyl sites for hydroxylation is 1. The summed E-state index contributed by atoms with van der Waals surface area (Å²) in [6, 6.07) is 0. The van der Waals surface area contributed by atoms with Crippen LogP contribution in [0, 0.1) is 5.92 Å². The van der Waals surface area contributed by atoms with Crippen LogP contribution < -0.4 is 0 Å². The smallest absolute Gasteiger partial charge is 0.235 e. The van der Waals surface area contributed by atoms with E-state index in [4.69, 9.17) is 0 Å². The number of hydrogen-bond donors (Lipinski definition) is 1. The van der Waals surface area contributed by atoms with Crippen molar-refractivity contribution in [2.24, 2.45) is 5.92 Å². The molecule has 5 nitrogen and oxygen atoms in total. The number of H-pyrrole nitrogens is 1. The molecule has 0 spiro atoms. The van der Waals surface area contributed by atoms with Crippen molar-refractivity contribution in [1.82, 2.24) is 20.1 Å². The van der Waals surface area contributed by atoms with Gasteiger partial charge in [0.15, 0.2) is 0 Å². The van der Waals surface area contributed by atoms with Crippen molar-refractivity contribution >= 4 is 17.7 Å². The molecule has 1 atom stereocenters. The van der Waals surface area contributed by atoms with Gasteiger partial charge in [-0.05, 0) is 32.1 Å². The maximum absolute atomic E-state index is 12.3. The van der Waals surface area contributed by atoms with Crippen LogP contribution in [-0.2, 0) is 11.2 Å². The summed E-state index contributed by atoms with van der Waals surface area (Å²) in [5.74, 6) is 2.06. The Morgan fingerprint density at radius 3 is 2.77 bits per heavy atom. The number of carbonyl (C=O) groups excluding carboxylic acids is 1. The Hall–Kier alpha value is -1.04. The number of aromatic amines is 1. The molecular formula is C16H26N4OS. The van der Waals surface area contributed by atoms with Crippen LogP contribution in [0.25, 0.3) is 0 Å². The maximum atomic E-state index is 12.3. The van der Waals surface area contributed by atoms with Crippen LogP contribution in [0.15, 0.2) is 5.16 Å². The zero-order valence-electron chi connectivity index (χ0n) is 13.4. The van der Waals surface area contributed by atoms with Crippen molar-refractivity contribution in [3.63, 3.8) is 0 Å². The Kier molecular flexibility index (Phi) is 5.39. The van der Waals surface area contributed by atoms with Gasteiger partial charge in [0.05, 0.1) is 5.25 Å². The topological polar surface area (TPSA) is 61.9 Å². The van der Waals surface area contributed by atoms with Gasteiger partial charge in [0, 0.05) is 19.5 Å². The predicted molar refractivity (Wildman–Crippen MR) is 87.8 cm³/mol. The number of rotatable bonds is 6. The number of likely N-dealkylation sites (tertiary alicyclic amines) is 1. The maximum Gasteiger partial charge on any atom is 0.235 e. The van der Waals surface area contributed by atoms with E-state index in [0.717, 1.165) is 44.1 Å². The fourth-order valence-corrected chi connectivity index (χ4v) is 4.31. The fourth-order valence-electron chi connectivity index (χ4n) is 3.49. The van der Waals surface area contributed by atoms with Crippen molar-refractivity contribution in [1.29, 1.82) is 0 Å². The van der Waals surface area contributed by atoms with E-state index in [2.05, 4.69) is 15.2 Å². The highest BCUT2D eigenvalue weighted by molar-refractivity contribution is 8.00. The van der Waals surface area contributed by atoms with E-state index in [1.54, 1.807) is 0 Å². The minimum atomic E-state index is -0.100. The monoisotopic (exact) mass is 322 g/mol. The second-order valence-electron chi connectivity index (χ2n) is 6.55. The van der Waals surface area contributed by atoms with Crippen molar-refractivity contribution in [2.45, 2.75) is 68.7 Å². The predicted octanol–water partition coefficient (Wildman–Crippen LogP) is 3.03. The SMILES string of the molecule is CC(Sc1n[nH]c(CCC2CCCC2)n1)C(=O)N1CCCC1. The van der Waals surface area contributed by atoms with Crippen LogP contribution in [-0.4, -0.2) is 44.3 Å². The third-order valence-corrected chi connectivity index (χ3v) is 5.77. The molecule has 122 valence electrons. The summed E-state index contributed by atoms with van der Waals surface area (Å²) in [6.45, 7) is 3.77. The minimum absolute atomic E-state index is 0.100. The number of hydrogen-bond acceptors (Lipinski definition) is 4. The highest BCUT2D eigenvalue weighted by Crippen LogP contribution is 2.28. The van der Waals surface area contributed by atoms with Crippen LogP contribution in [0.3, 0.4) is 0 Å². The molecule has 0 aromatic carbocycles. The average molecular weight is 322 g/mol. The van der Waals surface area contributed by atoms with Gasteiger partial charge in [-0.2, -0.15) is 0 Å². The molecule has 2 fully saturated rings. The number of amides is 1. The Morgan fingerprint density at radius 1 is 1.32 bits per heavy atom. The van der Waals surface area contributed by atoms with Gasteiger partial charge in [-0.1, -0.05) is 37.4 Å². The molecule has 0 bridgehead atoms. The van der Waals surface area contributed by atoms with Crippen LogP contribution in [0.1, 0.15) is 57.7 Å². The molecule has 1 saturated heterocycles. The quantitative estimate of drug-likeness (QED) is 0.818. The lowest BCUT2D eigenvalue weighted by Crippen LogP contribution is -2.34. The lowest BCUT2D eigenvalue weighted by atomic mass is 10.0. The van der Waals surface area contributed by atoms with Crippen molar-refractivity contribution in [3.05, 3.63) is 5.82 Å². The molecular weight excluding hydrogens is 296 g/mol. The minimum Gasteiger partial charge on any atom is -0.342 e. The lowest BCUT2D eigenvalue weighted by Gasteiger charge is -2.18. The molecule has 0 radical (unpaired) electrons. The van der Waals surface area contributed by atoms with E-state index in [-0.39, 0.29) is 11.2 Å². The first kappa shape index (κ1) is 15.8. The van der Waals surface area contributed by atoms with Crippen LogP contribution >= 0.6 is 11.8 Å². The molecule has 2 heterocycles. The Bertz CT molecular complexity index is 492. The molecule has 6 heteroatoms. The molecule has 1 aromatic rings. The van der Waals surface area contributed by atoms with E-state index in [1.165, 1.54) is 43.9 Å². The number of thioether (sulfide) groups is 1. The number of nitrogens with zero attached hydrogens (tertiary/aromatic N) is 3. The average Bonchev–Trinajstić information content (AvgIpc) is 3.26. The van der Waals surface area contributed by atoms with Gasteiger partial charge in [-0.25, -0.2) is 4.98 Å². The van der Waals surface area contributed by atoms with Crippen LogP contribution in [0.2, 0.25) is 0 Å². The van der Waals surface area contributed by atoms with E-state index in [0.29, 0.717) is 5.16 Å². The standard InChI is InChI=1S/C16H26N4OS/c1-12(15(21)20-10-4-5-11-20)22-16-17-14(18-19-16)9-8-13-6-2-3-7-13/h12-13H,2-11H2,1H3,(H,17,18,19). The number of aromatic nitrogens is 3. The third-order valence-electron chi connectivity index (χ3n) is 4.82. The second-order valence-corrected chi connectivity index (χ2v) is 7.85. The van der Waals surface area contributed by atoms with Gasteiger partial charge in [-0.15, -0.1) is 5.10 Å².